The van der Waals surface area contributed by atoms with Crippen molar-refractivity contribution in [3.05, 3.63) is 52.7 Å². The molecular weight excluding hydrogens is 452 g/mol. The van der Waals surface area contributed by atoms with E-state index in [9.17, 15) is 27.2 Å². The zero-order valence-electron chi connectivity index (χ0n) is 17.4. The Morgan fingerprint density at radius 2 is 2.03 bits per heavy atom. The molecule has 32 heavy (non-hydrogen) atoms. The minimum atomic E-state index is -4.55. The first-order valence-electron chi connectivity index (χ1n) is 9.94. The van der Waals surface area contributed by atoms with E-state index in [2.05, 4.69) is 9.97 Å². The highest BCUT2D eigenvalue weighted by atomic mass is 35.5. The summed E-state index contributed by atoms with van der Waals surface area (Å²) < 4.78 is 53.1. The monoisotopic (exact) mass is 472 g/mol. The van der Waals surface area contributed by atoms with E-state index < -0.39 is 35.4 Å². The minimum absolute atomic E-state index is 0.0150. The molecule has 0 N–H and O–H groups in total. The summed E-state index contributed by atoms with van der Waals surface area (Å²) >= 11 is 5.74. The molecule has 0 radical (unpaired) electrons. The first kappa shape index (κ1) is 23.9. The summed E-state index contributed by atoms with van der Waals surface area (Å²) in [5.74, 6) is -1.46. The molecule has 3 heterocycles. The number of Topliss-reactive ketones (excluding diaryl/α,β-unsaturated/α-hetero) is 1. The molecule has 1 aliphatic heterocycles. The van der Waals surface area contributed by atoms with Crippen molar-refractivity contribution in [3.63, 3.8) is 0 Å². The van der Waals surface area contributed by atoms with Crippen molar-refractivity contribution in [2.45, 2.75) is 38.9 Å². The summed E-state index contributed by atoms with van der Waals surface area (Å²) in [7, 11) is 0. The molecule has 2 aromatic heterocycles. The van der Waals surface area contributed by atoms with Gasteiger partial charge in [0.2, 0.25) is 0 Å². The van der Waals surface area contributed by atoms with Gasteiger partial charge in [0.15, 0.2) is 17.4 Å². The summed E-state index contributed by atoms with van der Waals surface area (Å²) in [4.78, 5) is 35.9. The summed E-state index contributed by atoms with van der Waals surface area (Å²) in [6, 6.07) is 1.68. The van der Waals surface area contributed by atoms with Crippen LogP contribution in [0.25, 0.3) is 0 Å². The number of carbonyl (C=O) groups is 2. The van der Waals surface area contributed by atoms with Gasteiger partial charge in [-0.3, -0.25) is 14.7 Å². The second-order valence-electron chi connectivity index (χ2n) is 7.68. The average molecular weight is 473 g/mol. The third kappa shape index (κ3) is 5.17. The number of carbonyl (C=O) groups excluding carboxylic acids is 2. The molecule has 11 heteroatoms. The van der Waals surface area contributed by atoms with Crippen LogP contribution in [0.1, 0.15) is 31.5 Å². The summed E-state index contributed by atoms with van der Waals surface area (Å²) in [6.07, 6.45) is -2.01. The number of nitrogens with zero attached hydrogens (tertiary/aromatic N) is 4. The standard InChI is InChI=1S/C21H21ClF4N4O2/c1-3-12(2)18-11-30(19-17(23)7-14(22)9-28-19)20(32)29(18)10-16(31)8-15-6-13(4-5-27-15)21(24,25)26/h4-7,9,12,18H,3,8,10-11H2,1-2H3/t12-,18+/m0/s1. The van der Waals surface area contributed by atoms with Crippen LogP contribution in [-0.4, -0.2) is 45.8 Å². The molecule has 0 bridgehead atoms. The number of anilines is 1. The van der Waals surface area contributed by atoms with E-state index in [1.54, 1.807) is 0 Å². The molecule has 0 unspecified atom stereocenters. The second-order valence-corrected chi connectivity index (χ2v) is 8.12. The molecule has 1 saturated heterocycles. The molecule has 0 aromatic carbocycles. The Hall–Kier alpha value is -2.75. The number of rotatable bonds is 7. The van der Waals surface area contributed by atoms with E-state index in [4.69, 9.17) is 11.6 Å². The summed E-state index contributed by atoms with van der Waals surface area (Å²) in [5.41, 5.74) is -0.945. The van der Waals surface area contributed by atoms with Crippen LogP contribution in [0.2, 0.25) is 5.02 Å². The lowest BCUT2D eigenvalue weighted by Crippen LogP contribution is -2.42. The Balaban J connectivity index is 1.80. The van der Waals surface area contributed by atoms with Gasteiger partial charge in [0.25, 0.3) is 0 Å². The molecule has 2 atom stereocenters. The van der Waals surface area contributed by atoms with Crippen molar-refractivity contribution < 1.29 is 27.2 Å². The maximum absolute atomic E-state index is 14.4. The lowest BCUT2D eigenvalue weighted by atomic mass is 9.98. The van der Waals surface area contributed by atoms with Gasteiger partial charge in [-0.1, -0.05) is 31.9 Å². The fourth-order valence-corrected chi connectivity index (χ4v) is 3.73. The fourth-order valence-electron chi connectivity index (χ4n) is 3.59. The van der Waals surface area contributed by atoms with E-state index in [0.717, 1.165) is 29.3 Å². The van der Waals surface area contributed by atoms with Crippen LogP contribution in [0.5, 0.6) is 0 Å². The highest BCUT2D eigenvalue weighted by Gasteiger charge is 2.42. The van der Waals surface area contributed by atoms with Crippen LogP contribution in [0.3, 0.4) is 0 Å². The van der Waals surface area contributed by atoms with Crippen LogP contribution >= 0.6 is 11.6 Å². The average Bonchev–Trinajstić information content (AvgIpc) is 3.03. The third-order valence-corrected chi connectivity index (χ3v) is 5.67. The maximum atomic E-state index is 14.4. The summed E-state index contributed by atoms with van der Waals surface area (Å²) in [6.45, 7) is 3.61. The number of ketones is 1. The zero-order valence-corrected chi connectivity index (χ0v) is 18.1. The smallest absolute Gasteiger partial charge is 0.312 e. The predicted molar refractivity (Wildman–Crippen MR) is 110 cm³/mol. The van der Waals surface area contributed by atoms with Crippen LogP contribution in [0, 0.1) is 11.7 Å². The van der Waals surface area contributed by atoms with Gasteiger partial charge in [-0.05, 0) is 24.1 Å². The molecule has 2 amide bonds. The lowest BCUT2D eigenvalue weighted by molar-refractivity contribution is -0.137. The molecule has 2 aromatic rings. The number of urea groups is 1. The molecule has 6 nitrogen and oxygen atoms in total. The minimum Gasteiger partial charge on any atom is -0.312 e. The van der Waals surface area contributed by atoms with Gasteiger partial charge in [-0.2, -0.15) is 13.2 Å². The normalized spacial score (nSPS) is 17.7. The largest absolute Gasteiger partial charge is 0.416 e. The molecule has 3 rings (SSSR count). The fraction of sp³-hybridized carbons (Fsp3) is 0.429. The van der Waals surface area contributed by atoms with Crippen molar-refractivity contribution in [3.8, 4) is 0 Å². The Bertz CT molecular complexity index is 1020. The first-order chi connectivity index (χ1) is 15.0. The lowest BCUT2D eigenvalue weighted by Gasteiger charge is -2.26. The molecule has 0 aliphatic carbocycles. The van der Waals surface area contributed by atoms with E-state index in [0.29, 0.717) is 6.42 Å². The summed E-state index contributed by atoms with van der Waals surface area (Å²) in [5, 5.41) is 0.0805. The SMILES string of the molecule is CC[C@H](C)[C@H]1CN(c2ncc(Cl)cc2F)C(=O)N1CC(=O)Cc1cc(C(F)(F)F)ccn1. The molecule has 0 spiro atoms. The zero-order chi connectivity index (χ0) is 23.6. The molecule has 1 fully saturated rings. The Labute approximate surface area is 187 Å². The van der Waals surface area contributed by atoms with Gasteiger partial charge < -0.3 is 4.90 Å². The number of alkyl halides is 3. The number of halogens is 5. The van der Waals surface area contributed by atoms with Crippen LogP contribution in [-0.2, 0) is 17.4 Å². The van der Waals surface area contributed by atoms with Gasteiger partial charge >= 0.3 is 12.2 Å². The van der Waals surface area contributed by atoms with Crippen molar-refractivity contribution in [2.75, 3.05) is 18.0 Å². The number of pyridine rings is 2. The molecule has 1 aliphatic rings. The van der Waals surface area contributed by atoms with Crippen LogP contribution in [0.4, 0.5) is 28.2 Å². The maximum Gasteiger partial charge on any atom is 0.416 e. The van der Waals surface area contributed by atoms with Gasteiger partial charge in [0, 0.05) is 18.1 Å². The van der Waals surface area contributed by atoms with Crippen molar-refractivity contribution in [1.82, 2.24) is 14.9 Å². The molecule has 172 valence electrons. The Morgan fingerprint density at radius 1 is 1.31 bits per heavy atom. The highest BCUT2D eigenvalue weighted by Crippen LogP contribution is 2.31. The van der Waals surface area contributed by atoms with Crippen molar-refractivity contribution in [1.29, 1.82) is 0 Å². The highest BCUT2D eigenvalue weighted by molar-refractivity contribution is 6.30. The van der Waals surface area contributed by atoms with E-state index in [1.807, 2.05) is 13.8 Å². The predicted octanol–water partition coefficient (Wildman–Crippen LogP) is 4.76. The Morgan fingerprint density at radius 3 is 2.66 bits per heavy atom. The number of hydrogen-bond donors (Lipinski definition) is 0. The van der Waals surface area contributed by atoms with Gasteiger partial charge in [-0.25, -0.2) is 14.2 Å². The van der Waals surface area contributed by atoms with Crippen molar-refractivity contribution >= 4 is 29.2 Å². The molecular formula is C21H21ClF4N4O2. The topological polar surface area (TPSA) is 66.4 Å². The number of amides is 2. The van der Waals surface area contributed by atoms with E-state index in [-0.39, 0.29) is 42.0 Å². The van der Waals surface area contributed by atoms with Gasteiger partial charge in [-0.15, -0.1) is 0 Å². The quantitative estimate of drug-likeness (QED) is 0.545. The first-order valence-corrected chi connectivity index (χ1v) is 10.3. The third-order valence-electron chi connectivity index (χ3n) is 5.46. The van der Waals surface area contributed by atoms with E-state index in [1.165, 1.54) is 11.1 Å². The van der Waals surface area contributed by atoms with Crippen LogP contribution < -0.4 is 4.90 Å². The molecule has 0 saturated carbocycles. The number of hydrogen-bond acceptors (Lipinski definition) is 4. The van der Waals surface area contributed by atoms with Crippen molar-refractivity contribution in [2.24, 2.45) is 5.92 Å². The van der Waals surface area contributed by atoms with E-state index >= 15 is 0 Å². The van der Waals surface area contributed by atoms with Gasteiger partial charge in [0.1, 0.15) is 0 Å². The van der Waals surface area contributed by atoms with Crippen LogP contribution in [0.15, 0.2) is 30.6 Å². The second kappa shape index (κ2) is 9.40. The number of aromatic nitrogens is 2. The van der Waals surface area contributed by atoms with Gasteiger partial charge in [0.05, 0.1) is 36.1 Å². The Kier molecular flexibility index (Phi) is 7.02.